The molecule has 4 fully saturated rings. The fraction of sp³-hybridized carbons (Fsp3) is 0.857. The van der Waals surface area contributed by atoms with Crippen molar-refractivity contribution in [2.75, 3.05) is 13.2 Å². The molecule has 4 bridgehead atoms. The van der Waals surface area contributed by atoms with E-state index in [0.717, 1.165) is 23.7 Å². The van der Waals surface area contributed by atoms with Crippen molar-refractivity contribution in [3.05, 3.63) is 0 Å². The van der Waals surface area contributed by atoms with E-state index in [1.165, 1.54) is 32.1 Å². The average Bonchev–Trinajstić information content (AvgIpc) is 2.34. The van der Waals surface area contributed by atoms with E-state index in [-0.39, 0.29) is 6.54 Å². The van der Waals surface area contributed by atoms with Crippen LogP contribution in [0.1, 0.15) is 32.1 Å². The largest absolute Gasteiger partial charge is 0.449 e. The van der Waals surface area contributed by atoms with E-state index in [4.69, 9.17) is 10.00 Å². The second-order valence-electron chi connectivity index (χ2n) is 6.20. The highest BCUT2D eigenvalue weighted by atomic mass is 16.5. The van der Waals surface area contributed by atoms with Crippen LogP contribution in [0, 0.1) is 40.9 Å². The third kappa shape index (κ3) is 2.19. The topological polar surface area (TPSA) is 62.1 Å². The first-order valence-electron chi connectivity index (χ1n) is 7.04. The normalized spacial score (nSPS) is 40.3. The monoisotopic (exact) mass is 248 g/mol. The van der Waals surface area contributed by atoms with Gasteiger partial charge in [0.05, 0.1) is 12.7 Å². The third-order valence-corrected chi connectivity index (χ3v) is 5.14. The Kier molecular flexibility index (Phi) is 3.15. The van der Waals surface area contributed by atoms with Crippen molar-refractivity contribution >= 4 is 6.09 Å². The summed E-state index contributed by atoms with van der Waals surface area (Å²) in [5.74, 6) is 4.05. The van der Waals surface area contributed by atoms with Gasteiger partial charge in [-0.05, 0) is 61.7 Å². The molecule has 0 unspecified atom stereocenters. The quantitative estimate of drug-likeness (QED) is 0.779. The Bertz CT molecular complexity index is 346. The minimum atomic E-state index is -0.439. The summed E-state index contributed by atoms with van der Waals surface area (Å²) in [6, 6.07) is 1.88. The van der Waals surface area contributed by atoms with Crippen molar-refractivity contribution in [2.45, 2.75) is 32.1 Å². The highest BCUT2D eigenvalue weighted by molar-refractivity contribution is 5.67. The van der Waals surface area contributed by atoms with Crippen LogP contribution in [-0.2, 0) is 4.74 Å². The maximum atomic E-state index is 11.4. The average molecular weight is 248 g/mol. The van der Waals surface area contributed by atoms with Crippen LogP contribution >= 0.6 is 0 Å². The van der Waals surface area contributed by atoms with Crippen LogP contribution in [0.4, 0.5) is 4.79 Å². The van der Waals surface area contributed by atoms with E-state index < -0.39 is 6.09 Å². The molecule has 0 aliphatic heterocycles. The molecule has 4 nitrogen and oxygen atoms in total. The standard InChI is InChI=1S/C14H20N2O2/c15-1-2-16-14(17)18-8-13-11-4-9-3-10(6-11)7-12(13)5-9/h9-13H,2-8H2,(H,16,17). The number of carbonyl (C=O) groups excluding carboxylic acids is 1. The van der Waals surface area contributed by atoms with Crippen molar-refractivity contribution in [3.63, 3.8) is 0 Å². The minimum Gasteiger partial charge on any atom is -0.449 e. The van der Waals surface area contributed by atoms with Gasteiger partial charge in [-0.1, -0.05) is 0 Å². The highest BCUT2D eigenvalue weighted by Gasteiger charge is 2.48. The Hall–Kier alpha value is -1.24. The Morgan fingerprint density at radius 1 is 1.17 bits per heavy atom. The number of nitrogens with zero attached hydrogens (tertiary/aromatic N) is 1. The molecule has 4 aliphatic carbocycles. The van der Waals surface area contributed by atoms with Gasteiger partial charge in [0, 0.05) is 0 Å². The molecular weight excluding hydrogens is 228 g/mol. The molecule has 0 aromatic heterocycles. The number of hydrogen-bond donors (Lipinski definition) is 1. The van der Waals surface area contributed by atoms with E-state index in [9.17, 15) is 4.79 Å². The third-order valence-electron chi connectivity index (χ3n) is 5.14. The lowest BCUT2D eigenvalue weighted by molar-refractivity contribution is -0.0590. The summed E-state index contributed by atoms with van der Waals surface area (Å²) in [6.45, 7) is 0.576. The minimum absolute atomic E-state index is 0.0283. The first kappa shape index (κ1) is 11.8. The number of carbonyl (C=O) groups is 1. The van der Waals surface area contributed by atoms with Gasteiger partial charge < -0.3 is 10.1 Å². The number of nitrogens with one attached hydrogen (secondary N) is 1. The van der Waals surface area contributed by atoms with Crippen LogP contribution in [-0.4, -0.2) is 19.2 Å². The molecule has 0 spiro atoms. The van der Waals surface area contributed by atoms with E-state index in [0.29, 0.717) is 12.5 Å². The van der Waals surface area contributed by atoms with E-state index >= 15 is 0 Å². The predicted octanol–water partition coefficient (Wildman–Crippen LogP) is 2.31. The molecule has 98 valence electrons. The Morgan fingerprint density at radius 2 is 1.78 bits per heavy atom. The Balaban J connectivity index is 1.51. The number of amides is 1. The summed E-state index contributed by atoms with van der Waals surface area (Å²) in [5, 5.41) is 10.8. The summed E-state index contributed by atoms with van der Waals surface area (Å²) >= 11 is 0. The van der Waals surface area contributed by atoms with Gasteiger partial charge in [-0.25, -0.2) is 4.79 Å². The molecule has 0 aromatic rings. The van der Waals surface area contributed by atoms with Crippen molar-refractivity contribution in [2.24, 2.45) is 29.6 Å². The molecular formula is C14H20N2O2. The molecule has 0 heterocycles. The molecule has 0 atom stereocenters. The number of ether oxygens (including phenoxy) is 1. The van der Waals surface area contributed by atoms with Gasteiger partial charge in [0.15, 0.2) is 0 Å². The number of alkyl carbamates (subject to hydrolysis) is 1. The first-order valence-corrected chi connectivity index (χ1v) is 7.04. The Morgan fingerprint density at radius 3 is 2.33 bits per heavy atom. The second kappa shape index (κ2) is 4.79. The fourth-order valence-corrected chi connectivity index (χ4v) is 4.64. The smallest absolute Gasteiger partial charge is 0.407 e. The van der Waals surface area contributed by atoms with E-state index in [1.807, 2.05) is 6.07 Å². The molecule has 1 N–H and O–H groups in total. The van der Waals surface area contributed by atoms with Crippen LogP contribution in [0.25, 0.3) is 0 Å². The van der Waals surface area contributed by atoms with Crippen molar-refractivity contribution < 1.29 is 9.53 Å². The van der Waals surface area contributed by atoms with E-state index in [2.05, 4.69) is 5.32 Å². The Labute approximate surface area is 108 Å². The molecule has 4 rings (SSSR count). The number of nitriles is 1. The lowest BCUT2D eigenvalue weighted by Gasteiger charge is -2.54. The zero-order valence-corrected chi connectivity index (χ0v) is 10.6. The summed E-state index contributed by atoms with van der Waals surface area (Å²) in [6.07, 6.45) is 6.40. The zero-order chi connectivity index (χ0) is 12.5. The summed E-state index contributed by atoms with van der Waals surface area (Å²) in [7, 11) is 0. The molecule has 4 heteroatoms. The molecule has 4 aliphatic rings. The summed E-state index contributed by atoms with van der Waals surface area (Å²) in [4.78, 5) is 11.4. The molecule has 18 heavy (non-hydrogen) atoms. The van der Waals surface area contributed by atoms with Gasteiger partial charge in [0.1, 0.15) is 6.54 Å². The number of rotatable bonds is 3. The molecule has 1 amide bonds. The zero-order valence-electron chi connectivity index (χ0n) is 10.6. The van der Waals surface area contributed by atoms with Gasteiger partial charge in [0.25, 0.3) is 0 Å². The van der Waals surface area contributed by atoms with Crippen LogP contribution in [0.5, 0.6) is 0 Å². The van der Waals surface area contributed by atoms with Gasteiger partial charge >= 0.3 is 6.09 Å². The lowest BCUT2D eigenvalue weighted by atomic mass is 9.52. The fourth-order valence-electron chi connectivity index (χ4n) is 4.64. The SMILES string of the molecule is N#CCNC(=O)OCC1C2CC3CC(C2)CC1C3. The van der Waals surface area contributed by atoms with Crippen LogP contribution < -0.4 is 5.32 Å². The molecule has 0 aromatic carbocycles. The molecule has 4 saturated carbocycles. The predicted molar refractivity (Wildman–Crippen MR) is 65.5 cm³/mol. The summed E-state index contributed by atoms with van der Waals surface area (Å²) < 4.78 is 5.27. The van der Waals surface area contributed by atoms with Gasteiger partial charge in [-0.2, -0.15) is 5.26 Å². The number of hydrogen-bond acceptors (Lipinski definition) is 3. The maximum absolute atomic E-state index is 11.4. The van der Waals surface area contributed by atoms with Crippen molar-refractivity contribution in [1.82, 2.24) is 5.32 Å². The van der Waals surface area contributed by atoms with Gasteiger partial charge in [0.2, 0.25) is 0 Å². The molecule has 0 saturated heterocycles. The van der Waals surface area contributed by atoms with Gasteiger partial charge in [-0.15, -0.1) is 0 Å². The lowest BCUT2D eigenvalue weighted by Crippen LogP contribution is -2.47. The van der Waals surface area contributed by atoms with E-state index in [1.54, 1.807) is 0 Å². The highest BCUT2D eigenvalue weighted by Crippen LogP contribution is 2.56. The van der Waals surface area contributed by atoms with Crippen LogP contribution in [0.15, 0.2) is 0 Å². The first-order chi connectivity index (χ1) is 8.76. The second-order valence-corrected chi connectivity index (χ2v) is 6.20. The van der Waals surface area contributed by atoms with Crippen molar-refractivity contribution in [1.29, 1.82) is 5.26 Å². The van der Waals surface area contributed by atoms with Crippen molar-refractivity contribution in [3.8, 4) is 6.07 Å². The summed E-state index contributed by atoms with van der Waals surface area (Å²) in [5.41, 5.74) is 0. The maximum Gasteiger partial charge on any atom is 0.407 e. The van der Waals surface area contributed by atoms with Crippen LogP contribution in [0.2, 0.25) is 0 Å². The molecule has 0 radical (unpaired) electrons. The van der Waals surface area contributed by atoms with Gasteiger partial charge in [-0.3, -0.25) is 0 Å². The van der Waals surface area contributed by atoms with Crippen LogP contribution in [0.3, 0.4) is 0 Å².